The highest BCUT2D eigenvalue weighted by atomic mass is 16.7. The van der Waals surface area contributed by atoms with Crippen LogP contribution in [0, 0.1) is 30.6 Å². The minimum atomic E-state index is -1.96. The Morgan fingerprint density at radius 3 is 2.31 bits per heavy atom. The molecule has 0 aliphatic carbocycles. The number of nitrogens with one attached hydrogen (secondary N) is 1. The zero-order valence-electron chi connectivity index (χ0n) is 32.1. The normalized spacial score (nSPS) is 31.7. The summed E-state index contributed by atoms with van der Waals surface area (Å²) >= 11 is 0. The van der Waals surface area contributed by atoms with Crippen molar-refractivity contribution in [1.82, 2.24) is 9.38 Å². The Morgan fingerprint density at radius 2 is 1.64 bits per heavy atom. The molecule has 7 N–H and O–H groups in total. The number of ether oxygens (including phenoxy) is 3. The number of phenolic OH excluding ortho intramolecular Hbond substituents is 2. The second-order valence-electron chi connectivity index (χ2n) is 15.0. The number of imidazole rings is 1. The number of hydrogen-bond acceptors (Lipinski definition) is 12. The number of hydrogen-bond donors (Lipinski definition) is 7. The number of aromatic hydroxyl groups is 2. The van der Waals surface area contributed by atoms with Crippen LogP contribution in [0.2, 0.25) is 0 Å². The molecule has 4 bridgehead atoms. The number of fused-ring (bicyclic) bond motifs is 2. The molecule has 0 spiro atoms. The third-order valence-electron chi connectivity index (χ3n) is 11.4. The van der Waals surface area contributed by atoms with E-state index in [0.29, 0.717) is 11.2 Å². The van der Waals surface area contributed by atoms with Crippen molar-refractivity contribution in [2.75, 3.05) is 12.4 Å². The maximum Gasteiger partial charge on any atom is 0.312 e. The molecule has 14 nitrogen and oxygen atoms in total. The average molecular weight is 760 g/mol. The van der Waals surface area contributed by atoms with E-state index in [-0.39, 0.29) is 56.5 Å². The molecule has 55 heavy (non-hydrogen) atoms. The molecule has 4 aromatic rings. The lowest BCUT2D eigenvalue weighted by molar-refractivity contribution is -0.112. The molecular weight excluding hydrogens is 710 g/mol. The van der Waals surface area contributed by atoms with Crippen molar-refractivity contribution in [3.63, 3.8) is 0 Å². The van der Waals surface area contributed by atoms with Gasteiger partial charge >= 0.3 is 5.79 Å². The number of methoxy groups -OCH3 is 1. The van der Waals surface area contributed by atoms with E-state index in [1.807, 2.05) is 0 Å². The number of aliphatic hydroxyl groups is 4. The number of anilines is 1. The maximum atomic E-state index is 14.5. The van der Waals surface area contributed by atoms with Gasteiger partial charge in [0.2, 0.25) is 0 Å². The Kier molecular flexibility index (Phi) is 10.8. The molecule has 4 heterocycles. The summed E-state index contributed by atoms with van der Waals surface area (Å²) in [5.41, 5.74) is 1.46. The van der Waals surface area contributed by atoms with Crippen LogP contribution in [0.25, 0.3) is 27.5 Å². The van der Waals surface area contributed by atoms with Crippen LogP contribution in [0.5, 0.6) is 17.2 Å². The van der Waals surface area contributed by atoms with Crippen molar-refractivity contribution in [3.8, 4) is 17.2 Å². The highest BCUT2D eigenvalue weighted by molar-refractivity contribution is 6.28. The number of Topliss-reactive ketones (excluding diaryl/α,β-unsaturated/α-hetero) is 1. The first kappa shape index (κ1) is 39.7. The van der Waals surface area contributed by atoms with E-state index < -0.39 is 77.1 Å². The molecule has 0 fully saturated rings. The van der Waals surface area contributed by atoms with Crippen molar-refractivity contribution in [2.24, 2.45) is 23.7 Å². The van der Waals surface area contributed by atoms with Crippen LogP contribution in [-0.2, 0) is 20.9 Å². The van der Waals surface area contributed by atoms with Crippen LogP contribution in [0.1, 0.15) is 63.0 Å². The summed E-state index contributed by atoms with van der Waals surface area (Å²) in [5.74, 6) is -6.52. The zero-order chi connectivity index (χ0) is 40.3. The van der Waals surface area contributed by atoms with Gasteiger partial charge in [-0.05, 0) is 37.6 Å². The second-order valence-corrected chi connectivity index (χ2v) is 15.0. The first-order valence-electron chi connectivity index (χ1n) is 18.2. The number of aromatic nitrogens is 2. The third-order valence-corrected chi connectivity index (χ3v) is 11.4. The molecule has 1 amide bonds. The van der Waals surface area contributed by atoms with Crippen LogP contribution in [0.3, 0.4) is 0 Å². The predicted octanol–water partition coefficient (Wildman–Crippen LogP) is 4.77. The smallest absolute Gasteiger partial charge is 0.312 e. The number of benzene rings is 2. The molecule has 14 heteroatoms. The number of pyridine rings is 1. The largest absolute Gasteiger partial charge is 0.507 e. The van der Waals surface area contributed by atoms with E-state index >= 15 is 0 Å². The first-order valence-corrected chi connectivity index (χ1v) is 18.2. The number of phenols is 2. The summed E-state index contributed by atoms with van der Waals surface area (Å²) in [6, 6.07) is 3.26. The number of carbonyl (C=O) groups excluding carboxylic acids is 2. The summed E-state index contributed by atoms with van der Waals surface area (Å²) in [4.78, 5) is 33.0. The first-order chi connectivity index (χ1) is 26.0. The SMILES string of the molecule is CO[C@H]1/C=C/O[C@@]2(C)Oc3c(C)c(O)c4c(O)c(c5c(nc6cc(CO)ccn65)c4c3C2=O)NC(=O)/C(C)=C\C=C\[C@H](C)[C@H](O)[C@@H](C)[C@@H](O)[C@@H](C)[C@H](O)[C@@H]1C. The lowest BCUT2D eigenvalue weighted by atomic mass is 9.78. The van der Waals surface area contributed by atoms with Gasteiger partial charge < -0.3 is 50.2 Å². The van der Waals surface area contributed by atoms with Gasteiger partial charge in [0.15, 0.2) is 5.75 Å². The van der Waals surface area contributed by atoms with Gasteiger partial charge in [0.05, 0.1) is 48.2 Å². The van der Waals surface area contributed by atoms with E-state index in [9.17, 15) is 40.2 Å². The molecule has 6 rings (SSSR count). The van der Waals surface area contributed by atoms with Crippen LogP contribution < -0.4 is 10.1 Å². The number of rotatable bonds is 2. The Morgan fingerprint density at radius 1 is 0.964 bits per heavy atom. The van der Waals surface area contributed by atoms with Crippen LogP contribution in [0.15, 0.2) is 54.5 Å². The number of ketones is 1. The van der Waals surface area contributed by atoms with Crippen LogP contribution in [-0.4, -0.2) is 89.0 Å². The standard InChI is InChI=1S/C41H49N3O11/c1-18-10-9-11-19(2)40(52)43-31-32-30(42-26-16-24(17-45)12-14-44(26)32)27-28(37(31)50)36(49)23(6)38-29(27)39(51)41(7,55-38)54-15-13-25(53-8)20(3)34(47)22(5)35(48)21(4)33(18)46/h9-16,18,20-22,25,33-35,45-50H,17H2,1-8H3,(H,43,52)/b10-9+,15-13+,19-11-/t18-,20+,21+,22-,25-,33-,34+,35+,41-/m0/s1. The fourth-order valence-corrected chi connectivity index (χ4v) is 7.68. The van der Waals surface area contributed by atoms with E-state index in [4.69, 9.17) is 19.2 Å². The van der Waals surface area contributed by atoms with E-state index in [1.165, 1.54) is 39.4 Å². The fourth-order valence-electron chi connectivity index (χ4n) is 7.68. The van der Waals surface area contributed by atoms with E-state index in [0.717, 1.165) is 0 Å². The van der Waals surface area contributed by atoms with Crippen molar-refractivity contribution >= 4 is 44.8 Å². The Bertz CT molecular complexity index is 2280. The summed E-state index contributed by atoms with van der Waals surface area (Å²) < 4.78 is 19.4. The van der Waals surface area contributed by atoms with Gasteiger partial charge in [-0.3, -0.25) is 14.0 Å². The molecule has 0 unspecified atom stereocenters. The molecule has 2 aromatic carbocycles. The molecule has 0 saturated carbocycles. The highest BCUT2D eigenvalue weighted by Gasteiger charge is 2.49. The average Bonchev–Trinajstić information content (AvgIpc) is 3.68. The minimum absolute atomic E-state index is 0.00741. The molecule has 2 aromatic heterocycles. The molecular formula is C41H49N3O11. The second kappa shape index (κ2) is 14.9. The summed E-state index contributed by atoms with van der Waals surface area (Å²) in [5, 5.41) is 70.0. The van der Waals surface area contributed by atoms with Crippen molar-refractivity contribution in [1.29, 1.82) is 0 Å². The van der Waals surface area contributed by atoms with Gasteiger partial charge in [-0.1, -0.05) is 45.9 Å². The third kappa shape index (κ3) is 6.61. The Hall–Kier alpha value is -4.99. The van der Waals surface area contributed by atoms with Gasteiger partial charge in [-0.2, -0.15) is 0 Å². The maximum absolute atomic E-state index is 14.5. The quantitative estimate of drug-likeness (QED) is 0.138. The fraction of sp³-hybridized carbons (Fsp3) is 0.439. The van der Waals surface area contributed by atoms with E-state index in [1.54, 1.807) is 69.5 Å². The Labute approximate surface area is 318 Å². The number of nitrogens with zero attached hydrogens (tertiary/aromatic N) is 2. The zero-order valence-corrected chi connectivity index (χ0v) is 32.1. The highest BCUT2D eigenvalue weighted by Crippen LogP contribution is 2.54. The molecule has 0 radical (unpaired) electrons. The van der Waals surface area contributed by atoms with Crippen molar-refractivity contribution < 1.29 is 54.4 Å². The number of aliphatic hydroxyl groups excluding tert-OH is 4. The molecule has 9 atom stereocenters. The number of amides is 1. The van der Waals surface area contributed by atoms with Gasteiger partial charge in [0, 0.05) is 60.4 Å². The van der Waals surface area contributed by atoms with Crippen LogP contribution >= 0.6 is 0 Å². The topological polar surface area (TPSA) is 213 Å². The monoisotopic (exact) mass is 759 g/mol. The van der Waals surface area contributed by atoms with Crippen molar-refractivity contribution in [2.45, 2.75) is 85.3 Å². The molecule has 294 valence electrons. The minimum Gasteiger partial charge on any atom is -0.507 e. The molecule has 0 saturated heterocycles. The van der Waals surface area contributed by atoms with Crippen LogP contribution in [0.4, 0.5) is 5.69 Å². The molecule has 2 aliphatic heterocycles. The Balaban J connectivity index is 1.59. The summed E-state index contributed by atoms with van der Waals surface area (Å²) in [6.07, 6.45) is 5.26. The van der Waals surface area contributed by atoms with E-state index in [2.05, 4.69) is 5.32 Å². The summed E-state index contributed by atoms with van der Waals surface area (Å²) in [6.45, 7) is 11.1. The number of carbonyl (C=O) groups is 2. The predicted molar refractivity (Wildman–Crippen MR) is 205 cm³/mol. The van der Waals surface area contributed by atoms with Gasteiger partial charge in [-0.25, -0.2) is 4.98 Å². The molecule has 2 aliphatic rings. The summed E-state index contributed by atoms with van der Waals surface area (Å²) in [7, 11) is 1.45. The lowest BCUT2D eigenvalue weighted by Gasteiger charge is -2.36. The van der Waals surface area contributed by atoms with Gasteiger partial charge in [0.1, 0.15) is 33.9 Å². The van der Waals surface area contributed by atoms with Gasteiger partial charge in [-0.15, -0.1) is 0 Å². The lowest BCUT2D eigenvalue weighted by Crippen LogP contribution is -2.44. The van der Waals surface area contributed by atoms with Gasteiger partial charge in [0.25, 0.3) is 11.7 Å². The number of allylic oxidation sites excluding steroid dienone is 2. The van der Waals surface area contributed by atoms with Crippen molar-refractivity contribution in [3.05, 3.63) is 71.2 Å².